The number of fused-ring (bicyclic) bond motifs is 1. The van der Waals surface area contributed by atoms with Crippen LogP contribution in [-0.2, 0) is 30.4 Å². The molecule has 0 bridgehead atoms. The fraction of sp³-hybridized carbons (Fsp3) is 0.516. The molecule has 0 unspecified atom stereocenters. The molecular formula is C31H41N5O6. The summed E-state index contributed by atoms with van der Waals surface area (Å²) in [5, 5.41) is 17.3. The Kier molecular flexibility index (Phi) is 11.3. The van der Waals surface area contributed by atoms with Gasteiger partial charge in [0.1, 0.15) is 24.2 Å². The normalized spacial score (nSPS) is 24.9. The van der Waals surface area contributed by atoms with Crippen LogP contribution in [0, 0.1) is 0 Å². The van der Waals surface area contributed by atoms with Crippen LogP contribution >= 0.6 is 0 Å². The Hall–Kier alpha value is -3.99. The first kappa shape index (κ1) is 31.0. The molecule has 1 aliphatic carbocycles. The second-order valence-corrected chi connectivity index (χ2v) is 11.2. The molecule has 2 saturated heterocycles. The first-order valence-electron chi connectivity index (χ1n) is 14.9. The summed E-state index contributed by atoms with van der Waals surface area (Å²) in [5.74, 6) is -2.10. The van der Waals surface area contributed by atoms with E-state index in [0.29, 0.717) is 45.1 Å². The van der Waals surface area contributed by atoms with E-state index in [4.69, 9.17) is 5.21 Å². The zero-order valence-electron chi connectivity index (χ0n) is 23.8. The van der Waals surface area contributed by atoms with Crippen molar-refractivity contribution < 1.29 is 29.2 Å². The standard InChI is InChI=1S/C31H41N5O6/c37-27(35-42)17-9-3-8-15-23-28(38)33-24(19-21-11-4-1-5-12-21)29(39)34-25(20-22-13-6-2-7-14-22)31(41)36-18-10-16-26(36)30(40)32-23/h2,4,6-7,11-14,23-26,42H,1,3,5,8-10,15-20H2,(H,32,40)(H,33,38)(H,34,39)(H,35,37)/t23-,24-,25+,26-/m0/s1. The number of nitrogens with one attached hydrogen (secondary N) is 4. The van der Waals surface area contributed by atoms with Crippen molar-refractivity contribution in [3.8, 4) is 0 Å². The minimum atomic E-state index is -0.945. The molecule has 2 aliphatic heterocycles. The summed E-state index contributed by atoms with van der Waals surface area (Å²) < 4.78 is 0. The summed E-state index contributed by atoms with van der Waals surface area (Å²) >= 11 is 0. The third-order valence-electron chi connectivity index (χ3n) is 8.03. The third kappa shape index (κ3) is 8.51. The maximum Gasteiger partial charge on any atom is 0.246 e. The van der Waals surface area contributed by atoms with Crippen LogP contribution < -0.4 is 21.4 Å². The third-order valence-corrected chi connectivity index (χ3v) is 8.03. The Balaban J connectivity index is 1.58. The molecule has 4 rings (SSSR count). The van der Waals surface area contributed by atoms with Crippen LogP contribution in [0.25, 0.3) is 0 Å². The molecule has 226 valence electrons. The average Bonchev–Trinajstić information content (AvgIpc) is 3.50. The Labute approximate surface area is 246 Å². The molecule has 1 aromatic rings. The van der Waals surface area contributed by atoms with Crippen molar-refractivity contribution in [3.05, 3.63) is 59.7 Å². The van der Waals surface area contributed by atoms with E-state index in [-0.39, 0.29) is 31.1 Å². The van der Waals surface area contributed by atoms with E-state index in [2.05, 4.69) is 16.0 Å². The molecule has 0 saturated carbocycles. The molecule has 11 nitrogen and oxygen atoms in total. The number of carbonyl (C=O) groups excluding carboxylic acids is 5. The number of carbonyl (C=O) groups is 5. The molecule has 5 amide bonds. The van der Waals surface area contributed by atoms with Crippen molar-refractivity contribution in [2.75, 3.05) is 6.54 Å². The van der Waals surface area contributed by atoms with Gasteiger partial charge in [-0.3, -0.25) is 29.2 Å². The van der Waals surface area contributed by atoms with Gasteiger partial charge in [0.05, 0.1) is 0 Å². The van der Waals surface area contributed by atoms with E-state index < -0.39 is 41.9 Å². The van der Waals surface area contributed by atoms with Crippen molar-refractivity contribution in [1.29, 1.82) is 0 Å². The quantitative estimate of drug-likeness (QED) is 0.162. The second kappa shape index (κ2) is 15.3. The van der Waals surface area contributed by atoms with E-state index in [1.165, 1.54) is 4.90 Å². The van der Waals surface area contributed by atoms with Crippen LogP contribution in [0.4, 0.5) is 0 Å². The van der Waals surface area contributed by atoms with Gasteiger partial charge in [0, 0.05) is 25.8 Å². The predicted octanol–water partition coefficient (Wildman–Crippen LogP) is 1.81. The minimum Gasteiger partial charge on any atom is -0.343 e. The van der Waals surface area contributed by atoms with Crippen LogP contribution in [0.5, 0.6) is 0 Å². The monoisotopic (exact) mass is 579 g/mol. The first-order valence-corrected chi connectivity index (χ1v) is 14.9. The maximum absolute atomic E-state index is 13.9. The van der Waals surface area contributed by atoms with Crippen molar-refractivity contribution in [2.45, 2.75) is 94.8 Å². The van der Waals surface area contributed by atoms with Crippen LogP contribution in [-0.4, -0.2) is 70.4 Å². The van der Waals surface area contributed by atoms with E-state index in [1.807, 2.05) is 48.6 Å². The Morgan fingerprint density at radius 3 is 2.36 bits per heavy atom. The number of hydrogen-bond acceptors (Lipinski definition) is 6. The molecule has 1 aromatic carbocycles. The van der Waals surface area contributed by atoms with Gasteiger partial charge in [-0.1, -0.05) is 61.4 Å². The van der Waals surface area contributed by atoms with Crippen molar-refractivity contribution >= 4 is 29.5 Å². The molecule has 42 heavy (non-hydrogen) atoms. The van der Waals surface area contributed by atoms with Crippen molar-refractivity contribution in [2.24, 2.45) is 0 Å². The van der Waals surface area contributed by atoms with E-state index in [9.17, 15) is 24.0 Å². The van der Waals surface area contributed by atoms with Crippen LogP contribution in [0.3, 0.4) is 0 Å². The lowest BCUT2D eigenvalue weighted by Crippen LogP contribution is -2.61. The van der Waals surface area contributed by atoms with Gasteiger partial charge < -0.3 is 20.9 Å². The fourth-order valence-electron chi connectivity index (χ4n) is 5.77. The van der Waals surface area contributed by atoms with Crippen molar-refractivity contribution in [1.82, 2.24) is 26.3 Å². The summed E-state index contributed by atoms with van der Waals surface area (Å²) in [7, 11) is 0. The highest BCUT2D eigenvalue weighted by molar-refractivity contribution is 5.98. The lowest BCUT2D eigenvalue weighted by molar-refractivity contribution is -0.143. The molecule has 5 N–H and O–H groups in total. The Morgan fingerprint density at radius 2 is 1.62 bits per heavy atom. The summed E-state index contributed by atoms with van der Waals surface area (Å²) in [6.07, 6.45) is 11.5. The highest BCUT2D eigenvalue weighted by Crippen LogP contribution is 2.22. The van der Waals surface area contributed by atoms with E-state index >= 15 is 0 Å². The van der Waals surface area contributed by atoms with Gasteiger partial charge in [0.15, 0.2) is 0 Å². The lowest BCUT2D eigenvalue weighted by Gasteiger charge is -2.32. The van der Waals surface area contributed by atoms with E-state index in [1.54, 1.807) is 5.48 Å². The Morgan fingerprint density at radius 1 is 0.881 bits per heavy atom. The SMILES string of the molecule is O=C(CCCCC[C@@H]1NC(=O)[C@@H]2CCCN2C(=O)[C@@H](Cc2ccccc2)NC(=O)[C@H](CC2=CCCC=C2)NC1=O)NO. The summed E-state index contributed by atoms with van der Waals surface area (Å²) in [4.78, 5) is 67.6. The molecule has 0 aromatic heterocycles. The van der Waals surface area contributed by atoms with Gasteiger partial charge in [0.2, 0.25) is 29.5 Å². The summed E-state index contributed by atoms with van der Waals surface area (Å²) in [6, 6.07) is 5.92. The van der Waals surface area contributed by atoms with Crippen molar-refractivity contribution in [3.63, 3.8) is 0 Å². The molecule has 2 heterocycles. The largest absolute Gasteiger partial charge is 0.343 e. The second-order valence-electron chi connectivity index (χ2n) is 11.2. The fourth-order valence-corrected chi connectivity index (χ4v) is 5.77. The number of hydrogen-bond donors (Lipinski definition) is 5. The molecule has 0 spiro atoms. The van der Waals surface area contributed by atoms with Gasteiger partial charge in [-0.25, -0.2) is 5.48 Å². The highest BCUT2D eigenvalue weighted by atomic mass is 16.5. The molecule has 0 radical (unpaired) electrons. The number of rotatable bonds is 10. The van der Waals surface area contributed by atoms with Crippen LogP contribution in [0.15, 0.2) is 54.1 Å². The van der Waals surface area contributed by atoms with Gasteiger partial charge in [-0.2, -0.15) is 0 Å². The zero-order valence-corrected chi connectivity index (χ0v) is 23.8. The van der Waals surface area contributed by atoms with Crippen LogP contribution in [0.1, 0.15) is 69.8 Å². The molecule has 3 aliphatic rings. The number of benzene rings is 1. The molecule has 4 atom stereocenters. The van der Waals surface area contributed by atoms with Crippen LogP contribution in [0.2, 0.25) is 0 Å². The van der Waals surface area contributed by atoms with Gasteiger partial charge in [0.25, 0.3) is 0 Å². The van der Waals surface area contributed by atoms with Gasteiger partial charge in [-0.05, 0) is 49.7 Å². The lowest BCUT2D eigenvalue weighted by atomic mass is 9.97. The van der Waals surface area contributed by atoms with E-state index in [0.717, 1.165) is 24.0 Å². The average molecular weight is 580 g/mol. The topological polar surface area (TPSA) is 157 Å². The number of hydroxylamine groups is 1. The molecule has 2 fully saturated rings. The number of unbranched alkanes of at least 4 members (excludes halogenated alkanes) is 2. The summed E-state index contributed by atoms with van der Waals surface area (Å²) in [5.41, 5.74) is 3.39. The van der Waals surface area contributed by atoms with Gasteiger partial charge in [-0.15, -0.1) is 0 Å². The summed E-state index contributed by atoms with van der Waals surface area (Å²) in [6.45, 7) is 0.392. The smallest absolute Gasteiger partial charge is 0.246 e. The Bertz CT molecular complexity index is 1200. The highest BCUT2D eigenvalue weighted by Gasteiger charge is 2.40. The molecular weight excluding hydrogens is 538 g/mol. The van der Waals surface area contributed by atoms with Gasteiger partial charge >= 0.3 is 0 Å². The minimum absolute atomic E-state index is 0.147. The zero-order chi connectivity index (χ0) is 29.9. The number of amides is 5. The number of allylic oxidation sites excluding steroid dienone is 3. The first-order chi connectivity index (χ1) is 20.4. The predicted molar refractivity (Wildman–Crippen MR) is 155 cm³/mol. The maximum atomic E-state index is 13.9. The molecule has 11 heteroatoms. The number of nitrogens with zero attached hydrogens (tertiary/aromatic N) is 1.